The van der Waals surface area contributed by atoms with Crippen molar-refractivity contribution >= 4 is 40.0 Å². The van der Waals surface area contributed by atoms with Crippen LogP contribution < -0.4 is 5.32 Å². The van der Waals surface area contributed by atoms with E-state index in [-0.39, 0.29) is 27.3 Å². The van der Waals surface area contributed by atoms with Gasteiger partial charge < -0.3 is 14.8 Å². The molecule has 1 aliphatic rings. The van der Waals surface area contributed by atoms with E-state index < -0.39 is 36.0 Å². The summed E-state index contributed by atoms with van der Waals surface area (Å²) in [6.07, 6.45) is -3.55. The van der Waals surface area contributed by atoms with Crippen LogP contribution in [0.1, 0.15) is 31.9 Å². The molecule has 154 valence electrons. The van der Waals surface area contributed by atoms with Gasteiger partial charge in [0, 0.05) is 13.5 Å². The molecule has 1 N–H and O–H groups in total. The first-order chi connectivity index (χ1) is 13.1. The lowest BCUT2D eigenvalue weighted by Gasteiger charge is -2.31. The van der Waals surface area contributed by atoms with Crippen molar-refractivity contribution < 1.29 is 31.8 Å². The van der Waals surface area contributed by atoms with E-state index in [0.29, 0.717) is 13.0 Å². The maximum absolute atomic E-state index is 14.4. The third-order valence-electron chi connectivity index (χ3n) is 4.44. The minimum atomic E-state index is -4.56. The fraction of sp³-hybridized carbons (Fsp3) is 0.562. The van der Waals surface area contributed by atoms with E-state index in [9.17, 15) is 22.4 Å². The molecule has 0 spiro atoms. The van der Waals surface area contributed by atoms with Crippen molar-refractivity contribution in [2.45, 2.75) is 44.5 Å². The van der Waals surface area contributed by atoms with Gasteiger partial charge in [-0.1, -0.05) is 0 Å². The monoisotopic (exact) mass is 516 g/mol. The number of nitrogens with one attached hydrogen (secondary N) is 1. The number of rotatable bonds is 4. The zero-order valence-electron chi connectivity index (χ0n) is 14.9. The molecule has 3 unspecified atom stereocenters. The van der Waals surface area contributed by atoms with Crippen LogP contribution in [-0.4, -0.2) is 52.1 Å². The molecule has 0 radical (unpaired) electrons. The molecule has 3 heterocycles. The molecular weight excluding hydrogens is 499 g/mol. The second-order valence-electron chi connectivity index (χ2n) is 6.42. The summed E-state index contributed by atoms with van der Waals surface area (Å²) in [5.41, 5.74) is -0.445. The van der Waals surface area contributed by atoms with Crippen molar-refractivity contribution in [3.8, 4) is 0 Å². The minimum Gasteiger partial charge on any atom is -0.458 e. The van der Waals surface area contributed by atoms with Gasteiger partial charge in [0.05, 0.1) is 34.0 Å². The number of hydrogen-bond acceptors (Lipinski definition) is 6. The fourth-order valence-electron chi connectivity index (χ4n) is 2.97. The fourth-order valence-corrected chi connectivity index (χ4v) is 3.94. The smallest absolute Gasteiger partial charge is 0.397 e. The quantitative estimate of drug-likeness (QED) is 0.382. The summed E-state index contributed by atoms with van der Waals surface area (Å²) in [6, 6.07) is -0.391. The van der Waals surface area contributed by atoms with Crippen LogP contribution in [0.5, 0.6) is 0 Å². The Morgan fingerprint density at radius 1 is 1.50 bits per heavy atom. The molecule has 0 aliphatic carbocycles. The highest BCUT2D eigenvalue weighted by atomic mass is 127. The highest BCUT2D eigenvalue weighted by molar-refractivity contribution is 14.1. The number of fused-ring (bicyclic) bond motifs is 1. The van der Waals surface area contributed by atoms with E-state index in [2.05, 4.69) is 15.4 Å². The molecule has 0 aromatic carbocycles. The summed E-state index contributed by atoms with van der Waals surface area (Å²) in [4.78, 5) is 15.3. The second-order valence-corrected chi connectivity index (χ2v) is 7.50. The predicted molar refractivity (Wildman–Crippen MR) is 98.5 cm³/mol. The Morgan fingerprint density at radius 3 is 2.86 bits per heavy atom. The number of ether oxygens (including phenoxy) is 2. The van der Waals surface area contributed by atoms with E-state index in [4.69, 9.17) is 9.47 Å². The van der Waals surface area contributed by atoms with Gasteiger partial charge in [-0.15, -0.1) is 5.10 Å². The van der Waals surface area contributed by atoms with Crippen LogP contribution in [0.15, 0.2) is 6.20 Å². The highest BCUT2D eigenvalue weighted by Crippen LogP contribution is 2.38. The zero-order valence-corrected chi connectivity index (χ0v) is 17.0. The first-order valence-corrected chi connectivity index (χ1v) is 9.48. The van der Waals surface area contributed by atoms with Crippen molar-refractivity contribution in [1.82, 2.24) is 14.6 Å². The Balaban J connectivity index is 1.96. The average molecular weight is 516 g/mol. The molecule has 3 atom stereocenters. The number of aromatic nitrogens is 3. The topological polar surface area (TPSA) is 77.8 Å². The van der Waals surface area contributed by atoms with Crippen molar-refractivity contribution in [3.05, 3.63) is 21.3 Å². The van der Waals surface area contributed by atoms with Crippen LogP contribution in [0.2, 0.25) is 0 Å². The molecule has 1 saturated heterocycles. The lowest BCUT2D eigenvalue weighted by Crippen LogP contribution is -2.44. The van der Waals surface area contributed by atoms with E-state index >= 15 is 0 Å². The molecule has 12 heteroatoms. The largest absolute Gasteiger partial charge is 0.458 e. The first kappa shape index (κ1) is 21.0. The molecular formula is C16H17F4IN4O3. The summed E-state index contributed by atoms with van der Waals surface area (Å²) >= 11 is 1.54. The van der Waals surface area contributed by atoms with Crippen LogP contribution in [0.4, 0.5) is 23.5 Å². The van der Waals surface area contributed by atoms with Gasteiger partial charge >= 0.3 is 12.1 Å². The molecule has 0 amide bonds. The normalized spacial score (nSPS) is 21.5. The van der Waals surface area contributed by atoms with E-state index in [1.807, 2.05) is 0 Å². The highest BCUT2D eigenvalue weighted by Gasteiger charge is 2.41. The van der Waals surface area contributed by atoms with E-state index in [1.54, 1.807) is 0 Å². The van der Waals surface area contributed by atoms with Crippen molar-refractivity contribution in [2.75, 3.05) is 18.5 Å². The molecule has 2 aromatic heterocycles. The molecule has 2 aromatic rings. The van der Waals surface area contributed by atoms with Crippen LogP contribution in [0, 0.1) is 9.39 Å². The van der Waals surface area contributed by atoms with Crippen LogP contribution >= 0.6 is 22.6 Å². The minimum absolute atomic E-state index is 0.00132. The molecule has 1 fully saturated rings. The number of carbonyl (C=O) groups is 1. The Bertz CT molecular complexity index is 889. The maximum Gasteiger partial charge on any atom is 0.397 e. The van der Waals surface area contributed by atoms with Gasteiger partial charge in [-0.05, 0) is 35.9 Å². The predicted octanol–water partition coefficient (Wildman–Crippen LogP) is 3.27. The number of nitrogens with zero attached hydrogens (tertiary/aromatic N) is 3. The van der Waals surface area contributed by atoms with Crippen LogP contribution in [0.25, 0.3) is 5.52 Å². The lowest BCUT2D eigenvalue weighted by atomic mass is 10.1. The zero-order chi connectivity index (χ0) is 20.6. The third kappa shape index (κ3) is 4.16. The van der Waals surface area contributed by atoms with E-state index in [1.165, 1.54) is 29.5 Å². The lowest BCUT2D eigenvalue weighted by molar-refractivity contribution is -0.153. The standard InChI is InChI=1S/C16H17F4IN4O3/c1-7(16(18,19)20)14-13(21)12(17)10-5-22-15(24-25(10)14)23-9-3-4-27-6-11(9)28-8(2)26/h5,7,9,11H,3-4,6H2,1-2H3,(H,23,24). The Morgan fingerprint density at radius 2 is 2.21 bits per heavy atom. The average Bonchev–Trinajstić information content (AvgIpc) is 2.85. The summed E-state index contributed by atoms with van der Waals surface area (Å²) in [5.74, 6) is -3.21. The van der Waals surface area contributed by atoms with Gasteiger partial charge in [-0.25, -0.2) is 13.9 Å². The molecule has 0 bridgehead atoms. The van der Waals surface area contributed by atoms with E-state index in [0.717, 1.165) is 17.6 Å². The van der Waals surface area contributed by atoms with Gasteiger partial charge in [-0.3, -0.25) is 4.79 Å². The van der Waals surface area contributed by atoms with Crippen molar-refractivity contribution in [3.63, 3.8) is 0 Å². The summed E-state index contributed by atoms with van der Waals surface area (Å²) in [5, 5.41) is 7.02. The van der Waals surface area contributed by atoms with Gasteiger partial charge in [0.1, 0.15) is 11.6 Å². The van der Waals surface area contributed by atoms with Gasteiger partial charge in [-0.2, -0.15) is 13.2 Å². The van der Waals surface area contributed by atoms with Gasteiger partial charge in [0.25, 0.3) is 0 Å². The second kappa shape index (κ2) is 7.97. The van der Waals surface area contributed by atoms with Crippen molar-refractivity contribution in [1.29, 1.82) is 0 Å². The van der Waals surface area contributed by atoms with Crippen LogP contribution in [0.3, 0.4) is 0 Å². The summed E-state index contributed by atoms with van der Waals surface area (Å²) in [6.45, 7) is 2.80. The molecule has 0 saturated carbocycles. The molecule has 28 heavy (non-hydrogen) atoms. The van der Waals surface area contributed by atoms with Gasteiger partial charge in [0.15, 0.2) is 5.82 Å². The number of carbonyl (C=O) groups excluding carboxylic acids is 1. The number of alkyl halides is 3. The Kier molecular flexibility index (Phi) is 5.98. The number of anilines is 1. The Labute approximate surface area is 170 Å². The number of esters is 1. The number of halogens is 5. The summed E-state index contributed by atoms with van der Waals surface area (Å²) in [7, 11) is 0. The first-order valence-electron chi connectivity index (χ1n) is 8.40. The van der Waals surface area contributed by atoms with Crippen molar-refractivity contribution in [2.24, 2.45) is 0 Å². The van der Waals surface area contributed by atoms with Gasteiger partial charge in [0.2, 0.25) is 5.95 Å². The number of hydrogen-bond donors (Lipinski definition) is 1. The van der Waals surface area contributed by atoms with Crippen LogP contribution in [-0.2, 0) is 14.3 Å². The SMILES string of the molecule is CC(=O)OC1COCCC1Nc1ncc2c(F)c(I)c(C(C)C(F)(F)F)n2n1. The Hall–Kier alpha value is -1.70. The summed E-state index contributed by atoms with van der Waals surface area (Å²) < 4.78 is 65.4. The third-order valence-corrected chi connectivity index (χ3v) is 5.47. The molecule has 7 nitrogen and oxygen atoms in total. The maximum atomic E-state index is 14.4. The molecule has 3 rings (SSSR count). The molecule has 1 aliphatic heterocycles.